The number of amides is 1. The number of pyridine rings is 1. The summed E-state index contributed by atoms with van der Waals surface area (Å²) in [4.78, 5) is 15.7. The molecule has 0 atom stereocenters. The van der Waals surface area contributed by atoms with E-state index in [-0.39, 0.29) is 16.4 Å². The summed E-state index contributed by atoms with van der Waals surface area (Å²) in [5, 5.41) is 12.5. The molecule has 2 N–H and O–H groups in total. The molecule has 0 aromatic carbocycles. The number of thioether (sulfide) groups is 1. The van der Waals surface area contributed by atoms with E-state index in [9.17, 15) is 9.90 Å². The van der Waals surface area contributed by atoms with Crippen molar-refractivity contribution in [1.82, 2.24) is 10.3 Å². The van der Waals surface area contributed by atoms with Gasteiger partial charge < -0.3 is 10.4 Å². The molecule has 1 fully saturated rings. The standard InChI is InChI=1S/C13H18N2O2S/c1-18-13(5-2-3-6-13)9-15-12(17)10-4-7-14-8-11(10)16/h4,7-8,16H,2-3,5-6,9H2,1H3,(H,15,17). The molecular weight excluding hydrogens is 248 g/mol. The Hall–Kier alpha value is -1.23. The van der Waals surface area contributed by atoms with Gasteiger partial charge in [-0.1, -0.05) is 12.8 Å². The van der Waals surface area contributed by atoms with Crippen LogP contribution in [0, 0.1) is 0 Å². The average molecular weight is 266 g/mol. The summed E-state index contributed by atoms with van der Waals surface area (Å²) >= 11 is 1.83. The molecule has 5 heteroatoms. The van der Waals surface area contributed by atoms with Gasteiger partial charge in [-0.05, 0) is 25.2 Å². The first-order chi connectivity index (χ1) is 8.67. The van der Waals surface area contributed by atoms with Gasteiger partial charge in [-0.15, -0.1) is 0 Å². The zero-order valence-corrected chi connectivity index (χ0v) is 11.3. The number of carbonyl (C=O) groups is 1. The first kappa shape index (κ1) is 13.2. The SMILES string of the molecule is CSC1(CNC(=O)c2ccncc2O)CCCC1. The summed E-state index contributed by atoms with van der Waals surface area (Å²) in [7, 11) is 0. The lowest BCUT2D eigenvalue weighted by Crippen LogP contribution is -2.38. The van der Waals surface area contributed by atoms with Gasteiger partial charge in [-0.2, -0.15) is 11.8 Å². The lowest BCUT2D eigenvalue weighted by Gasteiger charge is -2.26. The van der Waals surface area contributed by atoms with Gasteiger partial charge in [0.15, 0.2) is 0 Å². The summed E-state index contributed by atoms with van der Waals surface area (Å²) in [5.74, 6) is -0.296. The maximum absolute atomic E-state index is 12.0. The highest BCUT2D eigenvalue weighted by Crippen LogP contribution is 2.39. The second-order valence-corrected chi connectivity index (χ2v) is 5.94. The van der Waals surface area contributed by atoms with Crippen molar-refractivity contribution in [3.05, 3.63) is 24.0 Å². The smallest absolute Gasteiger partial charge is 0.255 e. The Balaban J connectivity index is 1.98. The lowest BCUT2D eigenvalue weighted by molar-refractivity contribution is 0.0947. The van der Waals surface area contributed by atoms with Crippen LogP contribution in [0.3, 0.4) is 0 Å². The first-order valence-electron chi connectivity index (χ1n) is 6.13. The van der Waals surface area contributed by atoms with E-state index < -0.39 is 0 Å². The van der Waals surface area contributed by atoms with Gasteiger partial charge in [0.1, 0.15) is 5.75 Å². The van der Waals surface area contributed by atoms with E-state index in [0.717, 1.165) is 12.8 Å². The third-order valence-corrected chi connectivity index (χ3v) is 4.98. The van der Waals surface area contributed by atoms with E-state index in [4.69, 9.17) is 0 Å². The summed E-state index contributed by atoms with van der Waals surface area (Å²) in [6, 6.07) is 1.53. The molecular formula is C13H18N2O2S. The predicted molar refractivity (Wildman–Crippen MR) is 72.9 cm³/mol. The van der Waals surface area contributed by atoms with Crippen LogP contribution in [-0.4, -0.2) is 33.5 Å². The van der Waals surface area contributed by atoms with Crippen LogP contribution in [0.15, 0.2) is 18.5 Å². The van der Waals surface area contributed by atoms with Crippen molar-refractivity contribution < 1.29 is 9.90 Å². The van der Waals surface area contributed by atoms with E-state index in [1.165, 1.54) is 31.3 Å². The third kappa shape index (κ3) is 2.77. The van der Waals surface area contributed by atoms with Gasteiger partial charge in [0.2, 0.25) is 0 Å². The number of hydrogen-bond donors (Lipinski definition) is 2. The monoisotopic (exact) mass is 266 g/mol. The number of carbonyl (C=O) groups excluding carboxylic acids is 1. The van der Waals surface area contributed by atoms with Crippen LogP contribution >= 0.6 is 11.8 Å². The molecule has 2 rings (SSSR count). The molecule has 1 heterocycles. The van der Waals surface area contributed by atoms with Gasteiger partial charge in [-0.3, -0.25) is 9.78 Å². The summed E-state index contributed by atoms with van der Waals surface area (Å²) in [6.07, 6.45) is 9.66. The highest BCUT2D eigenvalue weighted by atomic mass is 32.2. The van der Waals surface area contributed by atoms with Crippen LogP contribution in [-0.2, 0) is 0 Å². The maximum Gasteiger partial charge on any atom is 0.255 e. The van der Waals surface area contributed by atoms with Crippen LogP contribution in [0.4, 0.5) is 0 Å². The molecule has 1 saturated carbocycles. The van der Waals surface area contributed by atoms with Gasteiger partial charge in [0.25, 0.3) is 5.91 Å². The van der Waals surface area contributed by atoms with E-state index in [1.807, 2.05) is 11.8 Å². The van der Waals surface area contributed by atoms with Gasteiger partial charge in [0, 0.05) is 17.5 Å². The van der Waals surface area contributed by atoms with E-state index in [1.54, 1.807) is 0 Å². The zero-order chi connectivity index (χ0) is 13.0. The van der Waals surface area contributed by atoms with Crippen molar-refractivity contribution in [3.63, 3.8) is 0 Å². The molecule has 0 spiro atoms. The summed E-state index contributed by atoms with van der Waals surface area (Å²) in [5.41, 5.74) is 0.291. The van der Waals surface area contributed by atoms with Crippen LogP contribution < -0.4 is 5.32 Å². The van der Waals surface area contributed by atoms with Crippen molar-refractivity contribution in [3.8, 4) is 5.75 Å². The second kappa shape index (κ2) is 5.61. The molecule has 1 aliphatic carbocycles. The van der Waals surface area contributed by atoms with Crippen LogP contribution in [0.25, 0.3) is 0 Å². The number of nitrogens with one attached hydrogen (secondary N) is 1. The third-order valence-electron chi connectivity index (χ3n) is 3.56. The van der Waals surface area contributed by atoms with Crippen molar-refractivity contribution in [1.29, 1.82) is 0 Å². The first-order valence-corrected chi connectivity index (χ1v) is 7.36. The highest BCUT2D eigenvalue weighted by molar-refractivity contribution is 8.00. The lowest BCUT2D eigenvalue weighted by atomic mass is 10.1. The molecule has 0 unspecified atom stereocenters. The largest absolute Gasteiger partial charge is 0.505 e. The van der Waals surface area contributed by atoms with E-state index in [0.29, 0.717) is 12.1 Å². The molecule has 0 bridgehead atoms. The van der Waals surface area contributed by atoms with Gasteiger partial charge >= 0.3 is 0 Å². The molecule has 1 aromatic rings. The molecule has 98 valence electrons. The normalized spacial score (nSPS) is 17.6. The quantitative estimate of drug-likeness (QED) is 0.877. The fraction of sp³-hybridized carbons (Fsp3) is 0.538. The fourth-order valence-electron chi connectivity index (χ4n) is 2.39. The maximum atomic E-state index is 12.0. The molecule has 1 aromatic heterocycles. The van der Waals surface area contributed by atoms with Gasteiger partial charge in [0.05, 0.1) is 11.8 Å². The highest BCUT2D eigenvalue weighted by Gasteiger charge is 2.33. The average Bonchev–Trinajstić information content (AvgIpc) is 2.86. The Labute approximate surface area is 111 Å². The second-order valence-electron chi connectivity index (χ2n) is 4.67. The number of aromatic hydroxyl groups is 1. The van der Waals surface area contributed by atoms with E-state index >= 15 is 0 Å². The zero-order valence-electron chi connectivity index (χ0n) is 10.5. The Morgan fingerprint density at radius 1 is 1.56 bits per heavy atom. The van der Waals surface area contributed by atoms with Gasteiger partial charge in [-0.25, -0.2) is 0 Å². The van der Waals surface area contributed by atoms with Crippen LogP contribution in [0.2, 0.25) is 0 Å². The molecule has 0 saturated heterocycles. The summed E-state index contributed by atoms with van der Waals surface area (Å²) < 4.78 is 0.179. The molecule has 1 aliphatic rings. The van der Waals surface area contributed by atoms with Crippen molar-refractivity contribution in [2.24, 2.45) is 0 Å². The predicted octanol–water partition coefficient (Wildman–Crippen LogP) is 2.19. The number of aromatic nitrogens is 1. The fourth-order valence-corrected chi connectivity index (χ4v) is 3.30. The number of nitrogens with zero attached hydrogens (tertiary/aromatic N) is 1. The minimum Gasteiger partial charge on any atom is -0.505 e. The van der Waals surface area contributed by atoms with Crippen molar-refractivity contribution in [2.75, 3.05) is 12.8 Å². The Kier molecular flexibility index (Phi) is 4.11. The molecule has 0 radical (unpaired) electrons. The summed E-state index contributed by atoms with van der Waals surface area (Å²) in [6.45, 7) is 0.661. The Morgan fingerprint density at radius 3 is 2.89 bits per heavy atom. The molecule has 1 amide bonds. The van der Waals surface area contributed by atoms with Crippen molar-refractivity contribution in [2.45, 2.75) is 30.4 Å². The Morgan fingerprint density at radius 2 is 2.28 bits per heavy atom. The van der Waals surface area contributed by atoms with Crippen molar-refractivity contribution >= 4 is 17.7 Å². The van der Waals surface area contributed by atoms with Crippen LogP contribution in [0.1, 0.15) is 36.0 Å². The Bertz CT molecular complexity index is 431. The minimum absolute atomic E-state index is 0.0698. The van der Waals surface area contributed by atoms with E-state index in [2.05, 4.69) is 16.6 Å². The van der Waals surface area contributed by atoms with Crippen LogP contribution in [0.5, 0.6) is 5.75 Å². The number of rotatable bonds is 4. The molecule has 4 nitrogen and oxygen atoms in total. The molecule has 0 aliphatic heterocycles. The molecule has 18 heavy (non-hydrogen) atoms. The number of hydrogen-bond acceptors (Lipinski definition) is 4. The minimum atomic E-state index is -0.227. The topological polar surface area (TPSA) is 62.2 Å².